The molecule has 5 nitrogen and oxygen atoms in total. The standard InChI is InChI=1S/C21H22ClN3O2/c22-15-5-7-16(8-6-15)25-21(27-12-14-3-1-2-4-14)17-11-23-19-9-10-26-13-18(19)20(17)24-25/h5-8,11,14H,1-4,9-10,12-13H2. The van der Waals surface area contributed by atoms with Gasteiger partial charge in [-0.15, -0.1) is 0 Å². The van der Waals surface area contributed by atoms with Crippen LogP contribution in [0.3, 0.4) is 0 Å². The third-order valence-corrected chi connectivity index (χ3v) is 5.84. The van der Waals surface area contributed by atoms with Gasteiger partial charge in [-0.2, -0.15) is 9.78 Å². The minimum atomic E-state index is 0.555. The van der Waals surface area contributed by atoms with Gasteiger partial charge in [-0.3, -0.25) is 4.98 Å². The Morgan fingerprint density at radius 3 is 2.81 bits per heavy atom. The van der Waals surface area contributed by atoms with E-state index in [1.165, 1.54) is 25.7 Å². The summed E-state index contributed by atoms with van der Waals surface area (Å²) >= 11 is 6.07. The van der Waals surface area contributed by atoms with E-state index >= 15 is 0 Å². The van der Waals surface area contributed by atoms with Crippen LogP contribution in [-0.4, -0.2) is 28.0 Å². The maximum atomic E-state index is 6.34. The average Bonchev–Trinajstić information content (AvgIpc) is 3.34. The summed E-state index contributed by atoms with van der Waals surface area (Å²) in [5.74, 6) is 1.39. The molecular weight excluding hydrogens is 362 g/mol. The number of rotatable bonds is 4. The van der Waals surface area contributed by atoms with E-state index in [0.29, 0.717) is 24.2 Å². The molecule has 2 aromatic heterocycles. The first kappa shape index (κ1) is 17.0. The Kier molecular flexibility index (Phi) is 4.50. The SMILES string of the molecule is Clc1ccc(-n2nc3c4c(ncc3c2OCC2CCCC2)CCOC4)cc1. The number of benzene rings is 1. The van der Waals surface area contributed by atoms with E-state index in [2.05, 4.69) is 4.98 Å². The first-order valence-corrected chi connectivity index (χ1v) is 10.0. The lowest BCUT2D eigenvalue weighted by Crippen LogP contribution is -2.12. The number of aromatic nitrogens is 3. The van der Waals surface area contributed by atoms with Crippen molar-refractivity contribution in [2.24, 2.45) is 5.92 Å². The Morgan fingerprint density at radius 2 is 2.00 bits per heavy atom. The Balaban J connectivity index is 1.61. The molecule has 6 heteroatoms. The Hall–Kier alpha value is -2.11. The van der Waals surface area contributed by atoms with E-state index in [-0.39, 0.29) is 0 Å². The minimum Gasteiger partial charge on any atom is -0.477 e. The second-order valence-electron chi connectivity index (χ2n) is 7.40. The van der Waals surface area contributed by atoms with E-state index in [9.17, 15) is 0 Å². The summed E-state index contributed by atoms with van der Waals surface area (Å²) in [6.07, 6.45) is 7.83. The Morgan fingerprint density at radius 1 is 1.19 bits per heavy atom. The third kappa shape index (κ3) is 3.19. The molecule has 0 spiro atoms. The fraction of sp³-hybridized carbons (Fsp3) is 0.429. The highest BCUT2D eigenvalue weighted by atomic mass is 35.5. The van der Waals surface area contributed by atoms with E-state index < -0.39 is 0 Å². The Labute approximate surface area is 163 Å². The number of hydrogen-bond acceptors (Lipinski definition) is 4. The van der Waals surface area contributed by atoms with Crippen LogP contribution in [0.1, 0.15) is 36.9 Å². The van der Waals surface area contributed by atoms with Crippen LogP contribution in [0.5, 0.6) is 5.88 Å². The lowest BCUT2D eigenvalue weighted by Gasteiger charge is -2.15. The van der Waals surface area contributed by atoms with Crippen LogP contribution in [0.4, 0.5) is 0 Å². The van der Waals surface area contributed by atoms with E-state index in [0.717, 1.165) is 46.8 Å². The molecule has 1 aromatic carbocycles. The molecule has 1 aliphatic carbocycles. The molecule has 1 fully saturated rings. The van der Waals surface area contributed by atoms with Crippen molar-refractivity contribution in [2.45, 2.75) is 38.7 Å². The van der Waals surface area contributed by atoms with Gasteiger partial charge in [0.2, 0.25) is 5.88 Å². The molecule has 3 heterocycles. The zero-order valence-electron chi connectivity index (χ0n) is 15.2. The molecule has 2 aliphatic rings. The molecule has 27 heavy (non-hydrogen) atoms. The summed E-state index contributed by atoms with van der Waals surface area (Å²) in [6.45, 7) is 2.00. The smallest absolute Gasteiger partial charge is 0.226 e. The van der Waals surface area contributed by atoms with Crippen LogP contribution in [0, 0.1) is 5.92 Å². The van der Waals surface area contributed by atoms with Crippen molar-refractivity contribution in [3.63, 3.8) is 0 Å². The molecule has 0 bridgehead atoms. The second kappa shape index (κ2) is 7.13. The maximum Gasteiger partial charge on any atom is 0.226 e. The number of halogens is 1. The Bertz CT molecular complexity index is 962. The van der Waals surface area contributed by atoms with Gasteiger partial charge in [-0.05, 0) is 43.0 Å². The average molecular weight is 384 g/mol. The topological polar surface area (TPSA) is 49.2 Å². The van der Waals surface area contributed by atoms with Gasteiger partial charge in [0.1, 0.15) is 5.52 Å². The molecule has 0 unspecified atom stereocenters. The molecule has 1 aliphatic heterocycles. The van der Waals surface area contributed by atoms with Crippen LogP contribution in [0.15, 0.2) is 30.5 Å². The second-order valence-corrected chi connectivity index (χ2v) is 7.84. The third-order valence-electron chi connectivity index (χ3n) is 5.59. The number of nitrogens with zero attached hydrogens (tertiary/aromatic N) is 3. The fourth-order valence-corrected chi connectivity index (χ4v) is 4.22. The summed E-state index contributed by atoms with van der Waals surface area (Å²) in [5, 5.41) is 6.56. The van der Waals surface area contributed by atoms with Crippen LogP contribution in [0.2, 0.25) is 5.02 Å². The van der Waals surface area contributed by atoms with Crippen LogP contribution in [-0.2, 0) is 17.8 Å². The zero-order valence-corrected chi connectivity index (χ0v) is 15.9. The summed E-state index contributed by atoms with van der Waals surface area (Å²) in [4.78, 5) is 4.67. The van der Waals surface area contributed by atoms with Gasteiger partial charge in [-0.25, -0.2) is 0 Å². The van der Waals surface area contributed by atoms with Crippen LogP contribution >= 0.6 is 11.6 Å². The van der Waals surface area contributed by atoms with Gasteiger partial charge in [0, 0.05) is 23.2 Å². The normalized spacial score (nSPS) is 17.4. The lowest BCUT2D eigenvalue weighted by atomic mass is 10.1. The van der Waals surface area contributed by atoms with Crippen molar-refractivity contribution in [3.05, 3.63) is 46.7 Å². The first-order chi connectivity index (χ1) is 13.3. The van der Waals surface area contributed by atoms with Crippen molar-refractivity contribution < 1.29 is 9.47 Å². The van der Waals surface area contributed by atoms with Gasteiger partial charge in [0.05, 0.1) is 36.6 Å². The highest BCUT2D eigenvalue weighted by molar-refractivity contribution is 6.30. The van der Waals surface area contributed by atoms with Gasteiger partial charge in [-0.1, -0.05) is 24.4 Å². The molecule has 0 N–H and O–H groups in total. The lowest BCUT2D eigenvalue weighted by molar-refractivity contribution is 0.110. The monoisotopic (exact) mass is 383 g/mol. The largest absolute Gasteiger partial charge is 0.477 e. The molecule has 5 rings (SSSR count). The van der Waals surface area contributed by atoms with Gasteiger partial charge in [0.15, 0.2) is 0 Å². The predicted molar refractivity (Wildman–Crippen MR) is 105 cm³/mol. The summed E-state index contributed by atoms with van der Waals surface area (Å²) in [5.41, 5.74) is 4.02. The molecule has 0 radical (unpaired) electrons. The molecule has 0 saturated heterocycles. The number of hydrogen-bond donors (Lipinski definition) is 0. The van der Waals surface area contributed by atoms with E-state index in [1.54, 1.807) is 0 Å². The van der Waals surface area contributed by atoms with Crippen molar-refractivity contribution in [2.75, 3.05) is 13.2 Å². The zero-order chi connectivity index (χ0) is 18.2. The minimum absolute atomic E-state index is 0.555. The summed E-state index contributed by atoms with van der Waals surface area (Å²) in [7, 11) is 0. The van der Waals surface area contributed by atoms with Gasteiger partial charge in [0.25, 0.3) is 0 Å². The van der Waals surface area contributed by atoms with E-state index in [4.69, 9.17) is 26.2 Å². The quantitative estimate of drug-likeness (QED) is 0.654. The maximum absolute atomic E-state index is 6.34. The highest BCUT2D eigenvalue weighted by Crippen LogP contribution is 2.34. The number of ether oxygens (including phenoxy) is 2. The fourth-order valence-electron chi connectivity index (χ4n) is 4.09. The molecule has 1 saturated carbocycles. The summed E-state index contributed by atoms with van der Waals surface area (Å²) in [6, 6.07) is 7.68. The molecule has 140 valence electrons. The van der Waals surface area contributed by atoms with Crippen LogP contribution in [0.25, 0.3) is 16.6 Å². The predicted octanol–water partition coefficient (Wildman–Crippen LogP) is 4.72. The highest BCUT2D eigenvalue weighted by Gasteiger charge is 2.23. The number of fused-ring (bicyclic) bond motifs is 3. The summed E-state index contributed by atoms with van der Waals surface area (Å²) < 4.78 is 13.9. The molecule has 0 atom stereocenters. The van der Waals surface area contributed by atoms with Crippen LogP contribution < -0.4 is 4.74 Å². The van der Waals surface area contributed by atoms with Crippen molar-refractivity contribution in [1.29, 1.82) is 0 Å². The van der Waals surface area contributed by atoms with Crippen molar-refractivity contribution in [3.8, 4) is 11.6 Å². The molecular formula is C21H22ClN3O2. The van der Waals surface area contributed by atoms with Crippen molar-refractivity contribution in [1.82, 2.24) is 14.8 Å². The number of pyridine rings is 1. The van der Waals surface area contributed by atoms with Gasteiger partial charge >= 0.3 is 0 Å². The molecule has 0 amide bonds. The van der Waals surface area contributed by atoms with Gasteiger partial charge < -0.3 is 9.47 Å². The molecule has 3 aromatic rings. The first-order valence-electron chi connectivity index (χ1n) is 9.65. The van der Waals surface area contributed by atoms with E-state index in [1.807, 2.05) is 35.1 Å². The van der Waals surface area contributed by atoms with Crippen molar-refractivity contribution >= 4 is 22.5 Å².